The van der Waals surface area contributed by atoms with Crippen LogP contribution < -0.4 is 25.3 Å². The number of piperazine rings is 1. The fraction of sp³-hybridized carbons (Fsp3) is 0.486. The number of methoxy groups -OCH3 is 1. The Balaban J connectivity index is 1.06. The third kappa shape index (κ3) is 7.54. The lowest BCUT2D eigenvalue weighted by atomic mass is 10.0. The van der Waals surface area contributed by atoms with Crippen molar-refractivity contribution in [3.8, 4) is 5.75 Å². The summed E-state index contributed by atoms with van der Waals surface area (Å²) in [5.74, 6) is -0.169. The van der Waals surface area contributed by atoms with Crippen molar-refractivity contribution < 1.29 is 23.1 Å². The molecule has 1 amide bonds. The topological polar surface area (TPSA) is 98.3 Å². The number of piperidine rings is 1. The summed E-state index contributed by atoms with van der Waals surface area (Å²) >= 11 is 0. The lowest BCUT2D eigenvalue weighted by Gasteiger charge is -2.44. The Bertz CT molecular complexity index is 1650. The number of halogens is 2. The van der Waals surface area contributed by atoms with E-state index in [1.807, 2.05) is 12.1 Å². The number of anilines is 5. The monoisotopic (exact) mass is 688 g/mol. The first-order valence-electron chi connectivity index (χ1n) is 17.7. The molecule has 4 aliphatic rings. The molecule has 1 aliphatic carbocycles. The molecule has 50 heavy (non-hydrogen) atoms. The molecule has 1 saturated carbocycles. The van der Waals surface area contributed by atoms with E-state index in [0.717, 1.165) is 56.8 Å². The predicted molar refractivity (Wildman–Crippen MR) is 190 cm³/mol. The molecule has 13 heteroatoms. The number of hydroxylamine groups is 1. The normalized spacial score (nSPS) is 21.1. The van der Waals surface area contributed by atoms with Crippen molar-refractivity contribution in [1.82, 2.24) is 19.8 Å². The van der Waals surface area contributed by atoms with Crippen LogP contribution in [0.1, 0.15) is 56.6 Å². The zero-order valence-electron chi connectivity index (χ0n) is 28.6. The third-order valence-corrected chi connectivity index (χ3v) is 10.6. The third-order valence-electron chi connectivity index (χ3n) is 10.6. The Morgan fingerprint density at radius 2 is 1.56 bits per heavy atom. The molecular formula is C37H46F2N8O3. The number of ether oxygens (including phenoxy) is 1. The average Bonchev–Trinajstić information content (AvgIpc) is 3.86. The van der Waals surface area contributed by atoms with E-state index in [2.05, 4.69) is 41.9 Å². The Morgan fingerprint density at radius 3 is 2.22 bits per heavy atom. The minimum atomic E-state index is -0.649. The van der Waals surface area contributed by atoms with Crippen LogP contribution in [0.4, 0.5) is 37.5 Å². The maximum absolute atomic E-state index is 14.0. The lowest BCUT2D eigenvalue weighted by Crippen LogP contribution is -2.54. The first-order chi connectivity index (χ1) is 24.4. The fourth-order valence-corrected chi connectivity index (χ4v) is 8.03. The van der Waals surface area contributed by atoms with Crippen molar-refractivity contribution in [3.63, 3.8) is 0 Å². The highest BCUT2D eigenvalue weighted by Gasteiger charge is 2.32. The van der Waals surface area contributed by atoms with Gasteiger partial charge in [-0.15, -0.1) is 0 Å². The van der Waals surface area contributed by atoms with Gasteiger partial charge < -0.3 is 20.3 Å². The summed E-state index contributed by atoms with van der Waals surface area (Å²) in [6, 6.07) is 9.86. The number of carbonyl (C=O) groups is 1. The Kier molecular flexibility index (Phi) is 10.4. The highest BCUT2D eigenvalue weighted by atomic mass is 19.1. The first-order valence-corrected chi connectivity index (χ1v) is 17.7. The van der Waals surface area contributed by atoms with Gasteiger partial charge in [0.1, 0.15) is 29.5 Å². The first kappa shape index (κ1) is 34.1. The minimum absolute atomic E-state index is 0.312. The second-order valence-corrected chi connectivity index (χ2v) is 13.5. The van der Waals surface area contributed by atoms with E-state index in [-0.39, 0.29) is 5.91 Å². The van der Waals surface area contributed by atoms with Gasteiger partial charge in [-0.05, 0) is 55.5 Å². The van der Waals surface area contributed by atoms with E-state index in [9.17, 15) is 13.6 Å². The number of hydrogen-bond acceptors (Lipinski definition) is 10. The predicted octanol–water partition coefficient (Wildman–Crippen LogP) is 6.04. The molecule has 4 heterocycles. The van der Waals surface area contributed by atoms with Gasteiger partial charge in [0.2, 0.25) is 5.91 Å². The quantitative estimate of drug-likeness (QED) is 0.245. The van der Waals surface area contributed by atoms with Crippen molar-refractivity contribution in [1.29, 1.82) is 0 Å². The molecule has 3 aliphatic heterocycles. The maximum Gasteiger partial charge on any atom is 0.247 e. The van der Waals surface area contributed by atoms with Crippen LogP contribution in [-0.4, -0.2) is 90.7 Å². The van der Waals surface area contributed by atoms with Gasteiger partial charge in [-0.25, -0.2) is 23.8 Å². The molecule has 266 valence electrons. The summed E-state index contributed by atoms with van der Waals surface area (Å²) in [6.45, 7) is 10.3. The number of nitrogens with zero attached hydrogens (tertiary/aromatic N) is 6. The van der Waals surface area contributed by atoms with Gasteiger partial charge >= 0.3 is 0 Å². The van der Waals surface area contributed by atoms with Gasteiger partial charge in [0.15, 0.2) is 5.82 Å². The lowest BCUT2D eigenvalue weighted by molar-refractivity contribution is -0.111. The maximum atomic E-state index is 14.0. The van der Waals surface area contributed by atoms with E-state index in [4.69, 9.17) is 9.57 Å². The summed E-state index contributed by atoms with van der Waals surface area (Å²) in [5.41, 5.74) is 2.55. The zero-order valence-corrected chi connectivity index (χ0v) is 28.6. The molecule has 4 fully saturated rings. The van der Waals surface area contributed by atoms with Crippen LogP contribution >= 0.6 is 0 Å². The van der Waals surface area contributed by atoms with Gasteiger partial charge in [-0.2, -0.15) is 0 Å². The summed E-state index contributed by atoms with van der Waals surface area (Å²) in [5, 5.41) is 7.86. The summed E-state index contributed by atoms with van der Waals surface area (Å²) in [7, 11) is 1.61. The SMILES string of the molecule is C=CC(=O)Nc1cc(Nc2cc(N3OCCC3c3cc(F)cc(F)c3)ncn2)c(OC)cc1N1CCC(N2CCN(C3CCCC3)CC2)CC1. The average molecular weight is 689 g/mol. The van der Waals surface area contributed by atoms with Crippen LogP contribution in [0.15, 0.2) is 55.4 Å². The van der Waals surface area contributed by atoms with Gasteiger partial charge in [-0.1, -0.05) is 19.4 Å². The van der Waals surface area contributed by atoms with Crippen molar-refractivity contribution in [2.75, 3.05) is 73.6 Å². The molecule has 2 N–H and O–H groups in total. The molecule has 1 aromatic heterocycles. The number of carbonyl (C=O) groups excluding carboxylic acids is 1. The van der Waals surface area contributed by atoms with Crippen LogP contribution in [0.25, 0.3) is 0 Å². The van der Waals surface area contributed by atoms with Crippen molar-refractivity contribution in [3.05, 3.63) is 72.6 Å². The number of aromatic nitrogens is 2. The smallest absolute Gasteiger partial charge is 0.247 e. The molecule has 1 atom stereocenters. The Labute approximate surface area is 292 Å². The van der Waals surface area contributed by atoms with Gasteiger partial charge in [-0.3, -0.25) is 19.4 Å². The largest absolute Gasteiger partial charge is 0.494 e. The number of hydrogen-bond donors (Lipinski definition) is 2. The van der Waals surface area contributed by atoms with E-state index >= 15 is 0 Å². The van der Waals surface area contributed by atoms with Crippen LogP contribution in [0.3, 0.4) is 0 Å². The Hall–Kier alpha value is -4.33. The fourth-order valence-electron chi connectivity index (χ4n) is 8.03. The Morgan fingerprint density at radius 1 is 0.880 bits per heavy atom. The second kappa shape index (κ2) is 15.3. The molecule has 2 aromatic carbocycles. The molecule has 0 radical (unpaired) electrons. The van der Waals surface area contributed by atoms with Crippen molar-refractivity contribution in [2.24, 2.45) is 0 Å². The molecule has 3 aromatic rings. The zero-order chi connectivity index (χ0) is 34.6. The van der Waals surface area contributed by atoms with Crippen molar-refractivity contribution in [2.45, 2.75) is 63.1 Å². The van der Waals surface area contributed by atoms with E-state index in [0.29, 0.717) is 53.4 Å². The molecular weight excluding hydrogens is 642 g/mol. The number of rotatable bonds is 10. The highest BCUT2D eigenvalue weighted by Crippen LogP contribution is 2.41. The molecule has 0 bridgehead atoms. The summed E-state index contributed by atoms with van der Waals surface area (Å²) < 4.78 is 33.9. The molecule has 0 spiro atoms. The summed E-state index contributed by atoms with van der Waals surface area (Å²) in [4.78, 5) is 34.9. The van der Waals surface area contributed by atoms with E-state index < -0.39 is 17.7 Å². The molecule has 1 unspecified atom stereocenters. The van der Waals surface area contributed by atoms with Gasteiger partial charge in [0.25, 0.3) is 0 Å². The molecule has 7 rings (SSSR count). The number of nitrogens with one attached hydrogen (secondary N) is 2. The van der Waals surface area contributed by atoms with E-state index in [1.54, 1.807) is 18.2 Å². The molecule has 11 nitrogen and oxygen atoms in total. The van der Waals surface area contributed by atoms with Crippen LogP contribution in [0, 0.1) is 11.6 Å². The minimum Gasteiger partial charge on any atom is -0.494 e. The highest BCUT2D eigenvalue weighted by molar-refractivity contribution is 6.02. The number of benzene rings is 2. The van der Waals surface area contributed by atoms with Crippen LogP contribution in [0.2, 0.25) is 0 Å². The number of amides is 1. The van der Waals surface area contributed by atoms with Gasteiger partial charge in [0, 0.05) is 76.0 Å². The standard InChI is InChI=1S/C37H46F2N8O3/c1-3-37(48)43-30-21-31(42-35-23-36(41-24-40-35)47-32(10-17-50-47)25-18-26(38)20-27(39)19-25)34(49-2)22-33(30)46-11-8-29(9-12-46)45-15-13-44(14-16-45)28-6-4-5-7-28/h3,18-24,28-29,32H,1,4-17H2,2H3,(H,43,48)(H,40,41,42). The molecule has 3 saturated heterocycles. The van der Waals surface area contributed by atoms with Crippen LogP contribution in [-0.2, 0) is 9.63 Å². The summed E-state index contributed by atoms with van der Waals surface area (Å²) in [6.07, 6.45) is 10.7. The van der Waals surface area contributed by atoms with E-state index in [1.165, 1.54) is 63.3 Å². The van der Waals surface area contributed by atoms with Crippen molar-refractivity contribution >= 4 is 34.6 Å². The van der Waals surface area contributed by atoms with Gasteiger partial charge in [0.05, 0.1) is 36.8 Å². The second-order valence-electron chi connectivity index (χ2n) is 13.5. The van der Waals surface area contributed by atoms with Crippen LogP contribution in [0.5, 0.6) is 5.75 Å².